The highest BCUT2D eigenvalue weighted by atomic mass is 16.5. The van der Waals surface area contributed by atoms with E-state index in [0.29, 0.717) is 5.41 Å². The van der Waals surface area contributed by atoms with Crippen molar-refractivity contribution in [2.24, 2.45) is 5.41 Å². The highest BCUT2D eigenvalue weighted by molar-refractivity contribution is 5.27. The fourth-order valence-corrected chi connectivity index (χ4v) is 1.54. The average molecular weight is 235 g/mol. The number of rotatable bonds is 5. The SMILES string of the molecule is CC(C)Oc1ccc(CNCC(C)(C)C)cc1. The first-order chi connectivity index (χ1) is 7.87. The van der Waals surface area contributed by atoms with Gasteiger partial charge in [0, 0.05) is 13.1 Å². The van der Waals surface area contributed by atoms with Crippen molar-refractivity contribution in [2.45, 2.75) is 47.3 Å². The van der Waals surface area contributed by atoms with Crippen LogP contribution in [0.25, 0.3) is 0 Å². The first-order valence-electron chi connectivity index (χ1n) is 6.33. The van der Waals surface area contributed by atoms with E-state index in [1.54, 1.807) is 0 Å². The molecule has 0 amide bonds. The van der Waals surface area contributed by atoms with Crippen LogP contribution in [0.5, 0.6) is 5.75 Å². The third-order valence-corrected chi connectivity index (χ3v) is 2.28. The van der Waals surface area contributed by atoms with E-state index in [4.69, 9.17) is 4.74 Å². The number of benzene rings is 1. The number of ether oxygens (including phenoxy) is 1. The van der Waals surface area contributed by atoms with E-state index in [-0.39, 0.29) is 6.10 Å². The summed E-state index contributed by atoms with van der Waals surface area (Å²) in [5, 5.41) is 3.46. The number of nitrogens with one attached hydrogen (secondary N) is 1. The molecule has 0 radical (unpaired) electrons. The Labute approximate surface area is 105 Å². The van der Waals surface area contributed by atoms with Crippen LogP contribution in [0, 0.1) is 5.41 Å². The van der Waals surface area contributed by atoms with Crippen molar-refractivity contribution in [3.8, 4) is 5.75 Å². The molecule has 0 fully saturated rings. The lowest BCUT2D eigenvalue weighted by Gasteiger charge is -2.18. The van der Waals surface area contributed by atoms with E-state index < -0.39 is 0 Å². The summed E-state index contributed by atoms with van der Waals surface area (Å²) in [4.78, 5) is 0. The third kappa shape index (κ3) is 6.32. The molecule has 0 heterocycles. The number of hydrogen-bond donors (Lipinski definition) is 1. The summed E-state index contributed by atoms with van der Waals surface area (Å²) in [6, 6.07) is 8.31. The van der Waals surface area contributed by atoms with Gasteiger partial charge in [-0.3, -0.25) is 0 Å². The summed E-state index contributed by atoms with van der Waals surface area (Å²) < 4.78 is 5.61. The lowest BCUT2D eigenvalue weighted by atomic mass is 9.97. The van der Waals surface area contributed by atoms with Gasteiger partial charge in [-0.05, 0) is 37.0 Å². The van der Waals surface area contributed by atoms with E-state index in [9.17, 15) is 0 Å². The van der Waals surface area contributed by atoms with Crippen LogP contribution in [0.15, 0.2) is 24.3 Å². The summed E-state index contributed by atoms with van der Waals surface area (Å²) in [7, 11) is 0. The highest BCUT2D eigenvalue weighted by Crippen LogP contribution is 2.14. The molecular weight excluding hydrogens is 210 g/mol. The van der Waals surface area contributed by atoms with Crippen LogP contribution in [-0.4, -0.2) is 12.6 Å². The molecule has 2 heteroatoms. The molecule has 1 aromatic carbocycles. The molecule has 0 saturated heterocycles. The molecule has 0 spiro atoms. The summed E-state index contributed by atoms with van der Waals surface area (Å²) in [5.74, 6) is 0.944. The van der Waals surface area contributed by atoms with E-state index in [2.05, 4.69) is 38.2 Å². The van der Waals surface area contributed by atoms with E-state index in [0.717, 1.165) is 18.8 Å². The Balaban J connectivity index is 2.40. The molecule has 0 saturated carbocycles. The molecule has 0 aliphatic rings. The standard InChI is InChI=1S/C15H25NO/c1-12(2)17-14-8-6-13(7-9-14)10-16-11-15(3,4)5/h6-9,12,16H,10-11H2,1-5H3. The van der Waals surface area contributed by atoms with Crippen LogP contribution < -0.4 is 10.1 Å². The predicted molar refractivity (Wildman–Crippen MR) is 73.4 cm³/mol. The van der Waals surface area contributed by atoms with Gasteiger partial charge in [-0.25, -0.2) is 0 Å². The maximum atomic E-state index is 5.61. The van der Waals surface area contributed by atoms with E-state index >= 15 is 0 Å². The second kappa shape index (κ2) is 6.06. The summed E-state index contributed by atoms with van der Waals surface area (Å²) >= 11 is 0. The van der Waals surface area contributed by atoms with Gasteiger partial charge in [0.25, 0.3) is 0 Å². The molecule has 0 bridgehead atoms. The zero-order valence-electron chi connectivity index (χ0n) is 11.7. The molecule has 1 aromatic rings. The van der Waals surface area contributed by atoms with Crippen LogP contribution >= 0.6 is 0 Å². The zero-order chi connectivity index (χ0) is 12.9. The van der Waals surface area contributed by atoms with Crippen molar-refractivity contribution in [1.82, 2.24) is 5.32 Å². The average Bonchev–Trinajstić information content (AvgIpc) is 2.18. The lowest BCUT2D eigenvalue weighted by Crippen LogP contribution is -2.26. The first-order valence-corrected chi connectivity index (χ1v) is 6.33. The van der Waals surface area contributed by atoms with Gasteiger partial charge in [0.15, 0.2) is 0 Å². The van der Waals surface area contributed by atoms with Crippen molar-refractivity contribution in [3.63, 3.8) is 0 Å². The van der Waals surface area contributed by atoms with Gasteiger partial charge < -0.3 is 10.1 Å². The molecule has 0 aliphatic carbocycles. The largest absolute Gasteiger partial charge is 0.491 e. The van der Waals surface area contributed by atoms with Gasteiger partial charge in [0.1, 0.15) is 5.75 Å². The molecule has 1 rings (SSSR count). The highest BCUT2D eigenvalue weighted by Gasteiger charge is 2.08. The summed E-state index contributed by atoms with van der Waals surface area (Å²) in [6.07, 6.45) is 0.236. The summed E-state index contributed by atoms with van der Waals surface area (Å²) in [6.45, 7) is 12.7. The minimum Gasteiger partial charge on any atom is -0.491 e. The molecule has 0 aromatic heterocycles. The molecule has 17 heavy (non-hydrogen) atoms. The van der Waals surface area contributed by atoms with Crippen molar-refractivity contribution in [3.05, 3.63) is 29.8 Å². The van der Waals surface area contributed by atoms with E-state index in [1.165, 1.54) is 5.56 Å². The van der Waals surface area contributed by atoms with Crippen molar-refractivity contribution >= 4 is 0 Å². The fourth-order valence-electron chi connectivity index (χ4n) is 1.54. The van der Waals surface area contributed by atoms with E-state index in [1.807, 2.05) is 26.0 Å². The molecule has 0 unspecified atom stereocenters. The Hall–Kier alpha value is -1.02. The second-order valence-electron chi connectivity index (χ2n) is 5.97. The van der Waals surface area contributed by atoms with Gasteiger partial charge >= 0.3 is 0 Å². The van der Waals surface area contributed by atoms with Crippen LogP contribution in [-0.2, 0) is 6.54 Å². The van der Waals surface area contributed by atoms with Gasteiger partial charge in [-0.2, -0.15) is 0 Å². The van der Waals surface area contributed by atoms with Crippen molar-refractivity contribution in [1.29, 1.82) is 0 Å². The smallest absolute Gasteiger partial charge is 0.119 e. The molecular formula is C15H25NO. The minimum atomic E-state index is 0.236. The Morgan fingerprint density at radius 2 is 1.71 bits per heavy atom. The van der Waals surface area contributed by atoms with Crippen LogP contribution in [0.1, 0.15) is 40.2 Å². The Bertz CT molecular complexity index is 322. The number of hydrogen-bond acceptors (Lipinski definition) is 2. The topological polar surface area (TPSA) is 21.3 Å². The van der Waals surface area contributed by atoms with Gasteiger partial charge in [-0.1, -0.05) is 32.9 Å². The molecule has 96 valence electrons. The van der Waals surface area contributed by atoms with Crippen molar-refractivity contribution < 1.29 is 4.74 Å². The monoisotopic (exact) mass is 235 g/mol. The maximum Gasteiger partial charge on any atom is 0.119 e. The minimum absolute atomic E-state index is 0.236. The Morgan fingerprint density at radius 3 is 2.18 bits per heavy atom. The van der Waals surface area contributed by atoms with Crippen LogP contribution in [0.3, 0.4) is 0 Å². The molecule has 0 atom stereocenters. The summed E-state index contributed by atoms with van der Waals surface area (Å²) in [5.41, 5.74) is 1.63. The third-order valence-electron chi connectivity index (χ3n) is 2.28. The maximum absolute atomic E-state index is 5.61. The molecule has 1 N–H and O–H groups in total. The van der Waals surface area contributed by atoms with Crippen LogP contribution in [0.4, 0.5) is 0 Å². The van der Waals surface area contributed by atoms with Gasteiger partial charge in [0.05, 0.1) is 6.10 Å². The predicted octanol–water partition coefficient (Wildman–Crippen LogP) is 3.61. The first kappa shape index (κ1) is 14.0. The molecule has 0 aliphatic heterocycles. The second-order valence-corrected chi connectivity index (χ2v) is 5.97. The molecule has 2 nitrogen and oxygen atoms in total. The quantitative estimate of drug-likeness (QED) is 0.842. The lowest BCUT2D eigenvalue weighted by molar-refractivity contribution is 0.242. The van der Waals surface area contributed by atoms with Gasteiger partial charge in [0.2, 0.25) is 0 Å². The Kier molecular flexibility index (Phi) is 5.01. The normalized spacial score (nSPS) is 11.9. The van der Waals surface area contributed by atoms with Crippen molar-refractivity contribution in [2.75, 3.05) is 6.54 Å². The Morgan fingerprint density at radius 1 is 1.12 bits per heavy atom. The van der Waals surface area contributed by atoms with Gasteiger partial charge in [-0.15, -0.1) is 0 Å². The van der Waals surface area contributed by atoms with Crippen LogP contribution in [0.2, 0.25) is 0 Å². The zero-order valence-corrected chi connectivity index (χ0v) is 11.7. The fraction of sp³-hybridized carbons (Fsp3) is 0.600.